The molecular formula is C10H20FIOSi. The van der Waals surface area contributed by atoms with Crippen LogP contribution in [0.15, 0.2) is 11.9 Å². The van der Waals surface area contributed by atoms with E-state index in [4.69, 9.17) is 4.43 Å². The minimum Gasteiger partial charge on any atom is -0.413 e. The number of hydrogen-bond acceptors (Lipinski definition) is 1. The Kier molecular flexibility index (Phi) is 5.83. The van der Waals surface area contributed by atoms with Gasteiger partial charge in [0, 0.05) is 0 Å². The van der Waals surface area contributed by atoms with Crippen molar-refractivity contribution < 1.29 is 8.82 Å². The van der Waals surface area contributed by atoms with E-state index in [2.05, 4.69) is 33.9 Å². The van der Waals surface area contributed by atoms with Crippen LogP contribution in [0.1, 0.15) is 20.8 Å². The fourth-order valence-corrected chi connectivity index (χ4v) is 1.86. The smallest absolute Gasteiger partial charge is 0.192 e. The Labute approximate surface area is 101 Å². The maximum atomic E-state index is 12.8. The van der Waals surface area contributed by atoms with Crippen LogP contribution in [0.5, 0.6) is 0 Å². The number of halogens is 2. The molecule has 0 aliphatic carbocycles. The number of hydrogen-bond donors (Lipinski definition) is 0. The van der Waals surface area contributed by atoms with Crippen molar-refractivity contribution in [2.24, 2.45) is 0 Å². The van der Waals surface area contributed by atoms with E-state index in [-0.39, 0.29) is 10.9 Å². The molecule has 0 N–H and O–H groups in total. The first-order valence-electron chi connectivity index (χ1n) is 4.75. The molecule has 0 fully saturated rings. The zero-order valence-corrected chi connectivity index (χ0v) is 12.8. The predicted molar refractivity (Wildman–Crippen MR) is 71.2 cm³/mol. The highest BCUT2D eigenvalue weighted by molar-refractivity contribution is 14.1. The van der Waals surface area contributed by atoms with E-state index in [9.17, 15) is 4.39 Å². The second-order valence-corrected chi connectivity index (χ2v) is 10.4. The Hall–Kier alpha value is 0.577. The van der Waals surface area contributed by atoms with Gasteiger partial charge < -0.3 is 4.43 Å². The number of allylic oxidation sites excluding steroid dienone is 1. The van der Waals surface area contributed by atoms with E-state index in [1.165, 1.54) is 6.08 Å². The second kappa shape index (κ2) is 5.60. The lowest BCUT2D eigenvalue weighted by atomic mass is 10.2. The maximum absolute atomic E-state index is 12.8. The Morgan fingerprint density at radius 3 is 2.29 bits per heavy atom. The van der Waals surface area contributed by atoms with Crippen LogP contribution in [-0.2, 0) is 4.43 Å². The molecule has 0 atom stereocenters. The maximum Gasteiger partial charge on any atom is 0.192 e. The molecule has 0 heterocycles. The van der Waals surface area contributed by atoms with Crippen LogP contribution in [0.4, 0.5) is 4.39 Å². The van der Waals surface area contributed by atoms with Crippen molar-refractivity contribution in [2.75, 3.05) is 11.0 Å². The molecular weight excluding hydrogens is 310 g/mol. The first-order valence-corrected chi connectivity index (χ1v) is 9.18. The lowest BCUT2D eigenvalue weighted by molar-refractivity contribution is 0.325. The van der Waals surface area contributed by atoms with Crippen LogP contribution < -0.4 is 0 Å². The van der Waals surface area contributed by atoms with Gasteiger partial charge >= 0.3 is 0 Å². The van der Waals surface area contributed by atoms with E-state index in [1.54, 1.807) is 0 Å². The molecule has 0 bridgehead atoms. The van der Waals surface area contributed by atoms with Gasteiger partial charge in [0.05, 0.1) is 11.0 Å². The molecule has 0 radical (unpaired) electrons. The summed E-state index contributed by atoms with van der Waals surface area (Å²) >= 11 is 2.00. The molecule has 0 aliphatic heterocycles. The molecule has 0 amide bonds. The Morgan fingerprint density at radius 1 is 1.43 bits per heavy atom. The van der Waals surface area contributed by atoms with E-state index >= 15 is 0 Å². The zero-order chi connectivity index (χ0) is 11.4. The minimum atomic E-state index is -1.70. The molecule has 0 aromatic carbocycles. The minimum absolute atomic E-state index is 0.0932. The van der Waals surface area contributed by atoms with Crippen LogP contribution in [0.25, 0.3) is 0 Å². The Bertz CT molecular complexity index is 209. The van der Waals surface area contributed by atoms with Gasteiger partial charge in [-0.25, -0.2) is 4.39 Å². The zero-order valence-electron chi connectivity index (χ0n) is 9.66. The lowest BCUT2D eigenvalue weighted by Gasteiger charge is -2.35. The second-order valence-electron chi connectivity index (χ2n) is 4.86. The highest BCUT2D eigenvalue weighted by atomic mass is 127. The molecule has 0 aromatic heterocycles. The van der Waals surface area contributed by atoms with Crippen molar-refractivity contribution in [1.29, 1.82) is 0 Å². The average Bonchev–Trinajstić information content (AvgIpc) is 2.01. The average molecular weight is 330 g/mol. The van der Waals surface area contributed by atoms with Gasteiger partial charge in [0.15, 0.2) is 8.32 Å². The summed E-state index contributed by atoms with van der Waals surface area (Å²) in [5.74, 6) is -0.0932. The van der Waals surface area contributed by atoms with Gasteiger partial charge in [-0.2, -0.15) is 0 Å². The molecule has 0 spiro atoms. The molecule has 0 aliphatic rings. The summed E-state index contributed by atoms with van der Waals surface area (Å²) in [6, 6.07) is 0. The van der Waals surface area contributed by atoms with Gasteiger partial charge in [0.2, 0.25) is 0 Å². The third-order valence-electron chi connectivity index (χ3n) is 2.68. The summed E-state index contributed by atoms with van der Waals surface area (Å²) in [6.45, 7) is 11.3. The first kappa shape index (κ1) is 14.6. The summed E-state index contributed by atoms with van der Waals surface area (Å²) in [4.78, 5) is 0. The van der Waals surface area contributed by atoms with Crippen molar-refractivity contribution in [2.45, 2.75) is 38.9 Å². The fourth-order valence-electron chi connectivity index (χ4n) is 0.611. The topological polar surface area (TPSA) is 9.23 Å². The monoisotopic (exact) mass is 330 g/mol. The van der Waals surface area contributed by atoms with Gasteiger partial charge in [0.1, 0.15) is 5.83 Å². The largest absolute Gasteiger partial charge is 0.413 e. The molecule has 4 heteroatoms. The first-order chi connectivity index (χ1) is 6.20. The van der Waals surface area contributed by atoms with Gasteiger partial charge in [-0.3, -0.25) is 0 Å². The van der Waals surface area contributed by atoms with Crippen LogP contribution in [0.3, 0.4) is 0 Å². The van der Waals surface area contributed by atoms with Crippen LogP contribution in [0.2, 0.25) is 18.1 Å². The van der Waals surface area contributed by atoms with Gasteiger partial charge in [0.25, 0.3) is 0 Å². The van der Waals surface area contributed by atoms with Crippen molar-refractivity contribution in [3.63, 3.8) is 0 Å². The highest BCUT2D eigenvalue weighted by Gasteiger charge is 2.36. The summed E-state index contributed by atoms with van der Waals surface area (Å²) in [5, 5.41) is 0.196. The quantitative estimate of drug-likeness (QED) is 0.424. The standard InChI is InChI=1S/C10H20FIOSi/c1-10(2,3)14(4,5)13-7-6-9(11)8-12/h6H,7-8H2,1-5H3. The lowest BCUT2D eigenvalue weighted by Crippen LogP contribution is -2.40. The van der Waals surface area contributed by atoms with Crippen LogP contribution in [0, 0.1) is 0 Å². The van der Waals surface area contributed by atoms with Crippen LogP contribution >= 0.6 is 22.6 Å². The molecule has 14 heavy (non-hydrogen) atoms. The predicted octanol–water partition coefficient (Wildman–Crippen LogP) is 4.30. The van der Waals surface area contributed by atoms with E-state index < -0.39 is 8.32 Å². The Balaban J connectivity index is 4.14. The highest BCUT2D eigenvalue weighted by Crippen LogP contribution is 2.36. The molecule has 0 unspecified atom stereocenters. The molecule has 0 aromatic rings. The summed E-state index contributed by atoms with van der Waals surface area (Å²) < 4.78 is 19.0. The summed E-state index contributed by atoms with van der Waals surface area (Å²) in [6.07, 6.45) is 1.53. The van der Waals surface area contributed by atoms with Crippen molar-refractivity contribution >= 4 is 30.9 Å². The summed E-state index contributed by atoms with van der Waals surface area (Å²) in [7, 11) is -1.70. The third kappa shape index (κ3) is 4.88. The molecule has 1 nitrogen and oxygen atoms in total. The molecule has 0 rings (SSSR count). The fraction of sp³-hybridized carbons (Fsp3) is 0.800. The van der Waals surface area contributed by atoms with Crippen molar-refractivity contribution in [3.8, 4) is 0 Å². The number of rotatable bonds is 4. The SMILES string of the molecule is CC(C)(C)[Si](C)(C)OCC=C(F)CI. The van der Waals surface area contributed by atoms with Gasteiger partial charge in [-0.05, 0) is 24.2 Å². The van der Waals surface area contributed by atoms with E-state index in [0.717, 1.165) is 0 Å². The Morgan fingerprint density at radius 2 is 1.93 bits per heavy atom. The number of alkyl halides is 1. The summed E-state index contributed by atoms with van der Waals surface area (Å²) in [5.41, 5.74) is 0. The van der Waals surface area contributed by atoms with Gasteiger partial charge in [-0.1, -0.05) is 43.4 Å². The van der Waals surface area contributed by atoms with E-state index in [0.29, 0.717) is 11.0 Å². The van der Waals surface area contributed by atoms with Gasteiger partial charge in [-0.15, -0.1) is 0 Å². The van der Waals surface area contributed by atoms with Crippen molar-refractivity contribution in [1.82, 2.24) is 0 Å². The van der Waals surface area contributed by atoms with E-state index in [1.807, 2.05) is 22.6 Å². The normalized spacial score (nSPS) is 14.6. The molecule has 0 saturated carbocycles. The van der Waals surface area contributed by atoms with Crippen molar-refractivity contribution in [3.05, 3.63) is 11.9 Å². The third-order valence-corrected chi connectivity index (χ3v) is 7.91. The molecule has 0 saturated heterocycles. The molecule has 84 valence electrons. The van der Waals surface area contributed by atoms with Crippen LogP contribution in [-0.4, -0.2) is 19.4 Å².